The summed E-state index contributed by atoms with van der Waals surface area (Å²) in [7, 11) is 0. The molecule has 104 valence electrons. The third-order valence-corrected chi connectivity index (χ3v) is 3.54. The summed E-state index contributed by atoms with van der Waals surface area (Å²) in [5, 5.41) is 3.25. The van der Waals surface area contributed by atoms with Gasteiger partial charge in [-0.3, -0.25) is 4.79 Å². The summed E-state index contributed by atoms with van der Waals surface area (Å²) in [6.07, 6.45) is 2.79. The molecule has 3 heteroatoms. The quantitative estimate of drug-likeness (QED) is 0.654. The molecule has 1 aromatic rings. The third kappa shape index (κ3) is 4.06. The molecule has 19 heavy (non-hydrogen) atoms. The molecule has 1 N–H and O–H groups in total. The van der Waals surface area contributed by atoms with Crippen molar-refractivity contribution in [2.24, 2.45) is 5.92 Å². The van der Waals surface area contributed by atoms with Crippen molar-refractivity contribution in [2.45, 2.75) is 45.7 Å². The number of nitrogens with one attached hydrogen (secondary N) is 1. The largest absolute Gasteiger partial charge is 0.465 e. The van der Waals surface area contributed by atoms with E-state index in [1.165, 1.54) is 11.1 Å². The van der Waals surface area contributed by atoms with Crippen LogP contribution in [-0.2, 0) is 22.5 Å². The molecule has 0 aromatic heterocycles. The van der Waals surface area contributed by atoms with Crippen molar-refractivity contribution >= 4 is 5.97 Å². The van der Waals surface area contributed by atoms with E-state index in [1.807, 2.05) is 12.1 Å². The predicted octanol–water partition coefficient (Wildman–Crippen LogP) is 2.68. The molecule has 1 atom stereocenters. The maximum Gasteiger partial charge on any atom is 0.323 e. The average Bonchev–Trinajstić information content (AvgIpc) is 2.42. The first kappa shape index (κ1) is 14.1. The smallest absolute Gasteiger partial charge is 0.323 e. The molecule has 0 unspecified atom stereocenters. The fourth-order valence-corrected chi connectivity index (χ4v) is 2.39. The monoisotopic (exact) mass is 261 g/mol. The van der Waals surface area contributed by atoms with Crippen LogP contribution in [0.4, 0.5) is 0 Å². The van der Waals surface area contributed by atoms with E-state index in [1.54, 1.807) is 0 Å². The molecule has 1 aromatic carbocycles. The number of ether oxygens (including phenoxy) is 1. The number of carbonyl (C=O) groups excluding carboxylic acids is 1. The summed E-state index contributed by atoms with van der Waals surface area (Å²) in [5.74, 6) is 0.552. The molecule has 0 aliphatic carbocycles. The molecule has 0 radical (unpaired) electrons. The van der Waals surface area contributed by atoms with Crippen molar-refractivity contribution in [3.8, 4) is 0 Å². The summed E-state index contributed by atoms with van der Waals surface area (Å²) in [5.41, 5.74) is 2.54. The Kier molecular flexibility index (Phi) is 4.97. The van der Waals surface area contributed by atoms with Crippen molar-refractivity contribution in [1.29, 1.82) is 0 Å². The molecule has 0 amide bonds. The van der Waals surface area contributed by atoms with Crippen molar-refractivity contribution in [3.05, 3.63) is 35.4 Å². The second-order valence-corrected chi connectivity index (χ2v) is 5.61. The van der Waals surface area contributed by atoms with Gasteiger partial charge < -0.3 is 10.1 Å². The average molecular weight is 261 g/mol. The molecule has 0 fully saturated rings. The molecule has 2 rings (SSSR count). The number of fused-ring (bicyclic) bond motifs is 1. The molecule has 1 aliphatic heterocycles. The normalized spacial score (nSPS) is 18.2. The molecular weight excluding hydrogens is 238 g/mol. The van der Waals surface area contributed by atoms with E-state index in [9.17, 15) is 4.79 Å². The van der Waals surface area contributed by atoms with E-state index in [4.69, 9.17) is 4.74 Å². The number of hydrogen-bond acceptors (Lipinski definition) is 3. The highest BCUT2D eigenvalue weighted by Crippen LogP contribution is 2.17. The van der Waals surface area contributed by atoms with Gasteiger partial charge in [0.25, 0.3) is 0 Å². The number of hydrogen-bond donors (Lipinski definition) is 1. The first-order chi connectivity index (χ1) is 9.16. The van der Waals surface area contributed by atoms with Gasteiger partial charge in [0.05, 0.1) is 6.61 Å². The van der Waals surface area contributed by atoms with Crippen LogP contribution in [0.1, 0.15) is 37.8 Å². The molecule has 3 nitrogen and oxygen atoms in total. The van der Waals surface area contributed by atoms with Gasteiger partial charge in [0.2, 0.25) is 0 Å². The van der Waals surface area contributed by atoms with Crippen LogP contribution in [-0.4, -0.2) is 18.6 Å². The van der Waals surface area contributed by atoms with E-state index in [-0.39, 0.29) is 12.0 Å². The van der Waals surface area contributed by atoms with Crippen LogP contribution in [0.2, 0.25) is 0 Å². The van der Waals surface area contributed by atoms with Crippen LogP contribution >= 0.6 is 0 Å². The lowest BCUT2D eigenvalue weighted by molar-refractivity contribution is -0.146. The number of carbonyl (C=O) groups is 1. The maximum absolute atomic E-state index is 12.0. The zero-order valence-corrected chi connectivity index (χ0v) is 11.8. The van der Waals surface area contributed by atoms with Crippen LogP contribution in [0.25, 0.3) is 0 Å². The zero-order valence-electron chi connectivity index (χ0n) is 11.8. The van der Waals surface area contributed by atoms with Crippen LogP contribution in [0.15, 0.2) is 24.3 Å². The lowest BCUT2D eigenvalue weighted by Gasteiger charge is -2.24. The van der Waals surface area contributed by atoms with E-state index < -0.39 is 0 Å². The Bertz CT molecular complexity index is 429. The van der Waals surface area contributed by atoms with Crippen LogP contribution in [0.3, 0.4) is 0 Å². The topological polar surface area (TPSA) is 38.3 Å². The minimum atomic E-state index is -0.186. The maximum atomic E-state index is 12.0. The van der Waals surface area contributed by atoms with Gasteiger partial charge in [-0.25, -0.2) is 0 Å². The van der Waals surface area contributed by atoms with Gasteiger partial charge >= 0.3 is 5.97 Å². The van der Waals surface area contributed by atoms with Crippen LogP contribution in [0, 0.1) is 5.92 Å². The Morgan fingerprint density at radius 1 is 1.37 bits per heavy atom. The summed E-state index contributed by atoms with van der Waals surface area (Å²) in [6.45, 7) is 5.65. The van der Waals surface area contributed by atoms with E-state index in [0.29, 0.717) is 12.5 Å². The highest BCUT2D eigenvalue weighted by Gasteiger charge is 2.24. The minimum Gasteiger partial charge on any atom is -0.465 e. The fourth-order valence-electron chi connectivity index (χ4n) is 2.39. The van der Waals surface area contributed by atoms with Crippen molar-refractivity contribution < 1.29 is 9.53 Å². The summed E-state index contributed by atoms with van der Waals surface area (Å²) < 4.78 is 5.35. The number of benzene rings is 1. The standard InChI is InChI=1S/C16H23NO2/c1-12(2)6-5-9-19-16(18)15-10-13-7-3-4-8-14(13)11-17-15/h3-4,7-8,12,15,17H,5-6,9-11H2,1-2H3/t15-/m0/s1. The fraction of sp³-hybridized carbons (Fsp3) is 0.562. The third-order valence-electron chi connectivity index (χ3n) is 3.54. The van der Waals surface area contributed by atoms with E-state index >= 15 is 0 Å². The zero-order chi connectivity index (χ0) is 13.7. The molecule has 0 saturated heterocycles. The van der Waals surface area contributed by atoms with Gasteiger partial charge in [-0.2, -0.15) is 0 Å². The van der Waals surface area contributed by atoms with E-state index in [0.717, 1.165) is 25.8 Å². The highest BCUT2D eigenvalue weighted by atomic mass is 16.5. The number of esters is 1. The van der Waals surface area contributed by atoms with Crippen LogP contribution in [0.5, 0.6) is 0 Å². The Morgan fingerprint density at radius 3 is 2.84 bits per heavy atom. The lowest BCUT2D eigenvalue weighted by atomic mass is 9.96. The van der Waals surface area contributed by atoms with Gasteiger partial charge in [-0.05, 0) is 36.3 Å². The predicted molar refractivity (Wildman–Crippen MR) is 75.8 cm³/mol. The van der Waals surface area contributed by atoms with Gasteiger partial charge in [0.15, 0.2) is 0 Å². The van der Waals surface area contributed by atoms with Gasteiger partial charge in [0, 0.05) is 6.54 Å². The van der Waals surface area contributed by atoms with E-state index in [2.05, 4.69) is 31.3 Å². The molecule has 0 spiro atoms. The highest BCUT2D eigenvalue weighted by molar-refractivity contribution is 5.76. The molecule has 0 saturated carbocycles. The molecule has 1 aliphatic rings. The molecular formula is C16H23NO2. The minimum absolute atomic E-state index is 0.113. The lowest BCUT2D eigenvalue weighted by Crippen LogP contribution is -2.42. The van der Waals surface area contributed by atoms with Crippen molar-refractivity contribution in [1.82, 2.24) is 5.32 Å². The first-order valence-corrected chi connectivity index (χ1v) is 7.13. The van der Waals surface area contributed by atoms with Gasteiger partial charge in [-0.15, -0.1) is 0 Å². The SMILES string of the molecule is CC(C)CCCOC(=O)[C@@H]1Cc2ccccc2CN1. The van der Waals surface area contributed by atoms with Gasteiger partial charge in [-0.1, -0.05) is 38.1 Å². The molecule has 0 bridgehead atoms. The second kappa shape index (κ2) is 6.71. The summed E-state index contributed by atoms with van der Waals surface area (Å²) >= 11 is 0. The van der Waals surface area contributed by atoms with Crippen molar-refractivity contribution in [3.63, 3.8) is 0 Å². The Labute approximate surface area is 115 Å². The van der Waals surface area contributed by atoms with Gasteiger partial charge in [0.1, 0.15) is 6.04 Å². The Hall–Kier alpha value is -1.35. The summed E-state index contributed by atoms with van der Waals surface area (Å²) in [4.78, 5) is 12.0. The Morgan fingerprint density at radius 2 is 2.11 bits per heavy atom. The molecule has 1 heterocycles. The Balaban J connectivity index is 1.79. The second-order valence-electron chi connectivity index (χ2n) is 5.61. The first-order valence-electron chi connectivity index (χ1n) is 7.13. The van der Waals surface area contributed by atoms with Crippen LogP contribution < -0.4 is 5.32 Å². The number of rotatable bonds is 5. The summed E-state index contributed by atoms with van der Waals surface area (Å²) in [6, 6.07) is 8.07. The van der Waals surface area contributed by atoms with Crippen molar-refractivity contribution in [2.75, 3.05) is 6.61 Å².